The number of hydrogen-bond donors (Lipinski definition) is 1. The molecule has 60 valence electrons. The topological polar surface area (TPSA) is 26.0 Å². The lowest BCUT2D eigenvalue weighted by molar-refractivity contribution is 0.479. The van der Waals surface area contributed by atoms with Crippen LogP contribution in [0.25, 0.3) is 0 Å². The van der Waals surface area contributed by atoms with E-state index in [-0.39, 0.29) is 11.5 Å². The van der Waals surface area contributed by atoms with Gasteiger partial charge in [-0.1, -0.05) is 36.8 Å². The van der Waals surface area contributed by atoms with Crippen molar-refractivity contribution in [2.45, 2.75) is 19.9 Å². The molecule has 0 aliphatic heterocycles. The lowest BCUT2D eigenvalue weighted by atomic mass is 9.78. The fourth-order valence-corrected chi connectivity index (χ4v) is 1.14. The number of nitrogens with two attached hydrogens (primary N) is 1. The average Bonchev–Trinajstić information content (AvgIpc) is 1.98. The first-order valence-corrected chi connectivity index (χ1v) is 3.85. The summed E-state index contributed by atoms with van der Waals surface area (Å²) in [6.45, 7) is 7.91. The molecule has 0 radical (unpaired) electrons. The van der Waals surface area contributed by atoms with Gasteiger partial charge in [0.2, 0.25) is 0 Å². The first kappa shape index (κ1) is 8.28. The van der Waals surface area contributed by atoms with E-state index in [0.29, 0.717) is 0 Å². The van der Waals surface area contributed by atoms with Crippen LogP contribution in [0.2, 0.25) is 0 Å². The highest BCUT2D eigenvalue weighted by Gasteiger charge is 2.25. The molecule has 0 bridgehead atoms. The van der Waals surface area contributed by atoms with Crippen LogP contribution in [0, 0.1) is 5.41 Å². The van der Waals surface area contributed by atoms with Crippen molar-refractivity contribution in [2.75, 3.05) is 0 Å². The van der Waals surface area contributed by atoms with Crippen molar-refractivity contribution in [3.63, 3.8) is 0 Å². The van der Waals surface area contributed by atoms with E-state index in [1.54, 1.807) is 0 Å². The van der Waals surface area contributed by atoms with Crippen LogP contribution in [0.1, 0.15) is 13.8 Å². The van der Waals surface area contributed by atoms with Gasteiger partial charge in [-0.3, -0.25) is 0 Å². The minimum Gasteiger partial charge on any atom is -0.323 e. The van der Waals surface area contributed by atoms with Crippen molar-refractivity contribution in [3.8, 4) is 0 Å². The molecular weight excluding hydrogens is 134 g/mol. The zero-order chi connectivity index (χ0) is 8.48. The Balaban J connectivity index is 2.92. The summed E-state index contributed by atoms with van der Waals surface area (Å²) >= 11 is 0. The van der Waals surface area contributed by atoms with E-state index >= 15 is 0 Å². The molecule has 1 heteroatoms. The van der Waals surface area contributed by atoms with Gasteiger partial charge in [0.15, 0.2) is 0 Å². The SMILES string of the molecule is C=CC1(C)C=CC(C)=CC1N. The van der Waals surface area contributed by atoms with Gasteiger partial charge in [-0.05, 0) is 6.92 Å². The highest BCUT2D eigenvalue weighted by atomic mass is 14.7. The zero-order valence-corrected chi connectivity index (χ0v) is 7.17. The lowest BCUT2D eigenvalue weighted by Crippen LogP contribution is -2.36. The molecule has 1 nitrogen and oxygen atoms in total. The van der Waals surface area contributed by atoms with Gasteiger partial charge in [-0.15, -0.1) is 6.58 Å². The standard InChI is InChI=1S/C10H15N/c1-4-10(3)6-5-8(2)7-9(10)11/h4-7,9H,1,11H2,2-3H3. The number of rotatable bonds is 1. The second kappa shape index (κ2) is 2.67. The Hall–Kier alpha value is -0.820. The Morgan fingerprint density at radius 1 is 1.73 bits per heavy atom. The summed E-state index contributed by atoms with van der Waals surface area (Å²) in [4.78, 5) is 0. The summed E-state index contributed by atoms with van der Waals surface area (Å²) < 4.78 is 0. The minimum absolute atomic E-state index is 0.0560. The second-order valence-electron chi connectivity index (χ2n) is 3.34. The van der Waals surface area contributed by atoms with Gasteiger partial charge in [-0.2, -0.15) is 0 Å². The molecule has 11 heavy (non-hydrogen) atoms. The molecule has 1 aliphatic carbocycles. The smallest absolute Gasteiger partial charge is 0.0354 e. The maximum Gasteiger partial charge on any atom is 0.0354 e. The van der Waals surface area contributed by atoms with Crippen LogP contribution in [0.5, 0.6) is 0 Å². The first-order chi connectivity index (χ1) is 5.08. The lowest BCUT2D eigenvalue weighted by Gasteiger charge is -2.30. The van der Waals surface area contributed by atoms with Crippen LogP contribution < -0.4 is 5.73 Å². The fourth-order valence-electron chi connectivity index (χ4n) is 1.14. The van der Waals surface area contributed by atoms with Crippen molar-refractivity contribution >= 4 is 0 Å². The molecule has 0 amide bonds. The largest absolute Gasteiger partial charge is 0.323 e. The van der Waals surface area contributed by atoms with Crippen molar-refractivity contribution in [2.24, 2.45) is 11.1 Å². The molecule has 2 unspecified atom stereocenters. The van der Waals surface area contributed by atoms with Gasteiger partial charge < -0.3 is 5.73 Å². The van der Waals surface area contributed by atoms with Crippen LogP contribution in [0.4, 0.5) is 0 Å². The third-order valence-corrected chi connectivity index (χ3v) is 2.31. The van der Waals surface area contributed by atoms with Gasteiger partial charge in [-0.25, -0.2) is 0 Å². The van der Waals surface area contributed by atoms with E-state index in [4.69, 9.17) is 5.73 Å². The number of hydrogen-bond acceptors (Lipinski definition) is 1. The Bertz CT molecular complexity index is 225. The van der Waals surface area contributed by atoms with Crippen LogP contribution in [-0.4, -0.2) is 6.04 Å². The summed E-state index contributed by atoms with van der Waals surface area (Å²) in [6, 6.07) is 0.0741. The molecule has 1 rings (SSSR count). The Morgan fingerprint density at radius 2 is 2.36 bits per heavy atom. The maximum atomic E-state index is 5.92. The molecule has 1 aliphatic rings. The minimum atomic E-state index is -0.0560. The van der Waals surface area contributed by atoms with Gasteiger partial charge in [0, 0.05) is 11.5 Å². The summed E-state index contributed by atoms with van der Waals surface area (Å²) in [5, 5.41) is 0. The summed E-state index contributed by atoms with van der Waals surface area (Å²) in [5.41, 5.74) is 7.09. The molecule has 0 fully saturated rings. The molecular formula is C10H15N. The third kappa shape index (κ3) is 1.43. The molecule has 0 spiro atoms. The van der Waals surface area contributed by atoms with Crippen molar-refractivity contribution < 1.29 is 0 Å². The molecule has 0 heterocycles. The van der Waals surface area contributed by atoms with Crippen LogP contribution in [-0.2, 0) is 0 Å². The van der Waals surface area contributed by atoms with Gasteiger partial charge >= 0.3 is 0 Å². The summed E-state index contributed by atoms with van der Waals surface area (Å²) in [7, 11) is 0. The molecule has 0 saturated heterocycles. The van der Waals surface area contributed by atoms with E-state index in [1.165, 1.54) is 5.57 Å². The summed E-state index contributed by atoms with van der Waals surface area (Å²) in [5.74, 6) is 0. The van der Waals surface area contributed by atoms with E-state index < -0.39 is 0 Å². The Kier molecular flexibility index (Phi) is 2.01. The molecule has 2 atom stereocenters. The third-order valence-electron chi connectivity index (χ3n) is 2.31. The maximum absolute atomic E-state index is 5.92. The van der Waals surface area contributed by atoms with Crippen LogP contribution in [0.15, 0.2) is 36.5 Å². The quantitative estimate of drug-likeness (QED) is 0.567. The van der Waals surface area contributed by atoms with Crippen LogP contribution in [0.3, 0.4) is 0 Å². The molecule has 0 aromatic carbocycles. The predicted molar refractivity (Wildman–Crippen MR) is 49.2 cm³/mol. The van der Waals surface area contributed by atoms with Crippen molar-refractivity contribution in [3.05, 3.63) is 36.5 Å². The van der Waals surface area contributed by atoms with Gasteiger partial charge in [0.1, 0.15) is 0 Å². The van der Waals surface area contributed by atoms with E-state index in [0.717, 1.165) is 0 Å². The van der Waals surface area contributed by atoms with Crippen LogP contribution >= 0.6 is 0 Å². The van der Waals surface area contributed by atoms with E-state index in [1.807, 2.05) is 6.08 Å². The van der Waals surface area contributed by atoms with Gasteiger partial charge in [0.25, 0.3) is 0 Å². The van der Waals surface area contributed by atoms with Crippen molar-refractivity contribution in [1.82, 2.24) is 0 Å². The first-order valence-electron chi connectivity index (χ1n) is 3.85. The Labute approximate surface area is 68.3 Å². The Morgan fingerprint density at radius 3 is 2.82 bits per heavy atom. The molecule has 0 aromatic heterocycles. The number of allylic oxidation sites excluding steroid dienone is 2. The predicted octanol–water partition coefficient (Wildman–Crippen LogP) is 2.02. The fraction of sp³-hybridized carbons (Fsp3) is 0.400. The highest BCUT2D eigenvalue weighted by molar-refractivity contribution is 5.31. The molecule has 2 N–H and O–H groups in total. The monoisotopic (exact) mass is 149 g/mol. The average molecular weight is 149 g/mol. The normalized spacial score (nSPS) is 36.6. The van der Waals surface area contributed by atoms with E-state index in [2.05, 4.69) is 38.7 Å². The van der Waals surface area contributed by atoms with Gasteiger partial charge in [0.05, 0.1) is 0 Å². The van der Waals surface area contributed by atoms with E-state index in [9.17, 15) is 0 Å². The molecule has 0 aromatic rings. The highest BCUT2D eigenvalue weighted by Crippen LogP contribution is 2.28. The molecule has 0 saturated carbocycles. The van der Waals surface area contributed by atoms with Crippen molar-refractivity contribution in [1.29, 1.82) is 0 Å². The zero-order valence-electron chi connectivity index (χ0n) is 7.17. The second-order valence-corrected chi connectivity index (χ2v) is 3.34. The summed E-state index contributed by atoms with van der Waals surface area (Å²) in [6.07, 6.45) is 8.17.